The SMILES string of the molecule is C=C(C)COCCNC(=O)N1CCCC1. The molecule has 0 aliphatic carbocycles. The Hall–Kier alpha value is -1.03. The number of hydrogen-bond donors (Lipinski definition) is 1. The zero-order valence-electron chi connectivity index (χ0n) is 9.42. The van der Waals surface area contributed by atoms with Gasteiger partial charge >= 0.3 is 6.03 Å². The highest BCUT2D eigenvalue weighted by Gasteiger charge is 2.16. The normalized spacial score (nSPS) is 15.4. The maximum absolute atomic E-state index is 11.5. The number of carbonyl (C=O) groups is 1. The molecule has 0 aromatic rings. The zero-order chi connectivity index (χ0) is 11.1. The van der Waals surface area contributed by atoms with Gasteiger partial charge in [-0.05, 0) is 19.8 Å². The molecule has 4 heteroatoms. The highest BCUT2D eigenvalue weighted by Crippen LogP contribution is 2.06. The van der Waals surface area contributed by atoms with Crippen LogP contribution in [-0.4, -0.2) is 43.8 Å². The van der Waals surface area contributed by atoms with E-state index in [0.717, 1.165) is 31.5 Å². The summed E-state index contributed by atoms with van der Waals surface area (Å²) in [5.41, 5.74) is 1.00. The highest BCUT2D eigenvalue weighted by molar-refractivity contribution is 5.74. The molecule has 4 nitrogen and oxygen atoms in total. The van der Waals surface area contributed by atoms with Crippen molar-refractivity contribution in [3.8, 4) is 0 Å². The minimum Gasteiger partial charge on any atom is -0.375 e. The van der Waals surface area contributed by atoms with Gasteiger partial charge in [0.2, 0.25) is 0 Å². The van der Waals surface area contributed by atoms with Crippen molar-refractivity contribution in [1.29, 1.82) is 0 Å². The third-order valence-electron chi connectivity index (χ3n) is 2.26. The maximum atomic E-state index is 11.5. The molecule has 0 aromatic heterocycles. The molecule has 0 aromatic carbocycles. The smallest absolute Gasteiger partial charge is 0.317 e. The minimum atomic E-state index is 0.0337. The molecule has 1 fully saturated rings. The molecule has 0 spiro atoms. The summed E-state index contributed by atoms with van der Waals surface area (Å²) >= 11 is 0. The number of nitrogens with zero attached hydrogens (tertiary/aromatic N) is 1. The average Bonchev–Trinajstić information content (AvgIpc) is 2.69. The molecule has 0 saturated carbocycles. The van der Waals surface area contributed by atoms with Crippen molar-refractivity contribution in [3.63, 3.8) is 0 Å². The second kappa shape index (κ2) is 6.45. The molecule has 0 unspecified atom stereocenters. The summed E-state index contributed by atoms with van der Waals surface area (Å²) in [5, 5.41) is 2.83. The second-order valence-electron chi connectivity index (χ2n) is 3.94. The van der Waals surface area contributed by atoms with Gasteiger partial charge in [-0.2, -0.15) is 0 Å². The number of rotatable bonds is 5. The van der Waals surface area contributed by atoms with Gasteiger partial charge in [0.15, 0.2) is 0 Å². The zero-order valence-corrected chi connectivity index (χ0v) is 9.42. The summed E-state index contributed by atoms with van der Waals surface area (Å²) in [6.45, 7) is 9.11. The molecular formula is C11H20N2O2. The lowest BCUT2D eigenvalue weighted by atomic mass is 10.4. The Morgan fingerprint density at radius 1 is 1.47 bits per heavy atom. The number of hydrogen-bond acceptors (Lipinski definition) is 2. The van der Waals surface area contributed by atoms with Gasteiger partial charge in [0.25, 0.3) is 0 Å². The third kappa shape index (κ3) is 4.83. The second-order valence-corrected chi connectivity index (χ2v) is 3.94. The van der Waals surface area contributed by atoms with E-state index in [-0.39, 0.29) is 6.03 Å². The lowest BCUT2D eigenvalue weighted by Gasteiger charge is -2.16. The standard InChI is InChI=1S/C11H20N2O2/c1-10(2)9-15-8-5-12-11(14)13-6-3-4-7-13/h1,3-9H2,2H3,(H,12,14). The topological polar surface area (TPSA) is 41.6 Å². The van der Waals surface area contributed by atoms with Crippen LogP contribution < -0.4 is 5.32 Å². The van der Waals surface area contributed by atoms with Gasteiger partial charge in [-0.15, -0.1) is 0 Å². The van der Waals surface area contributed by atoms with E-state index < -0.39 is 0 Å². The Labute approximate surface area is 91.3 Å². The van der Waals surface area contributed by atoms with E-state index in [0.29, 0.717) is 19.8 Å². The summed E-state index contributed by atoms with van der Waals surface area (Å²) < 4.78 is 5.28. The van der Waals surface area contributed by atoms with E-state index in [4.69, 9.17) is 4.74 Å². The molecule has 1 rings (SSSR count). The highest BCUT2D eigenvalue weighted by atomic mass is 16.5. The molecular weight excluding hydrogens is 192 g/mol. The minimum absolute atomic E-state index is 0.0337. The van der Waals surface area contributed by atoms with Crippen molar-refractivity contribution in [2.75, 3.05) is 32.8 Å². The first-order valence-corrected chi connectivity index (χ1v) is 5.45. The summed E-state index contributed by atoms with van der Waals surface area (Å²) in [7, 11) is 0. The van der Waals surface area contributed by atoms with Crippen molar-refractivity contribution in [1.82, 2.24) is 10.2 Å². The van der Waals surface area contributed by atoms with Crippen LogP contribution in [0, 0.1) is 0 Å². The van der Waals surface area contributed by atoms with E-state index >= 15 is 0 Å². The first-order chi connectivity index (χ1) is 7.20. The van der Waals surface area contributed by atoms with E-state index in [1.54, 1.807) is 0 Å². The molecule has 1 aliphatic rings. The number of urea groups is 1. The Bertz CT molecular complexity index is 223. The molecule has 1 N–H and O–H groups in total. The maximum Gasteiger partial charge on any atom is 0.317 e. The van der Waals surface area contributed by atoms with Gasteiger partial charge in [-0.1, -0.05) is 12.2 Å². The molecule has 1 aliphatic heterocycles. The van der Waals surface area contributed by atoms with Crippen LogP contribution in [0.2, 0.25) is 0 Å². The predicted octanol–water partition coefficient (Wildman–Crippen LogP) is 1.38. The van der Waals surface area contributed by atoms with Crippen LogP contribution in [0.15, 0.2) is 12.2 Å². The van der Waals surface area contributed by atoms with Crippen LogP contribution in [0.3, 0.4) is 0 Å². The van der Waals surface area contributed by atoms with Crippen LogP contribution in [-0.2, 0) is 4.74 Å². The Balaban J connectivity index is 1.99. The summed E-state index contributed by atoms with van der Waals surface area (Å²) in [5.74, 6) is 0. The quantitative estimate of drug-likeness (QED) is 0.552. The first kappa shape index (κ1) is 12.0. The molecule has 0 bridgehead atoms. The van der Waals surface area contributed by atoms with Gasteiger partial charge < -0.3 is 15.0 Å². The predicted molar refractivity (Wildman–Crippen MR) is 59.8 cm³/mol. The molecule has 86 valence electrons. The Morgan fingerprint density at radius 2 is 2.13 bits per heavy atom. The van der Waals surface area contributed by atoms with Gasteiger partial charge in [-0.3, -0.25) is 0 Å². The van der Waals surface area contributed by atoms with Crippen LogP contribution in [0.4, 0.5) is 4.79 Å². The van der Waals surface area contributed by atoms with Crippen molar-refractivity contribution < 1.29 is 9.53 Å². The molecule has 1 heterocycles. The molecule has 1 saturated heterocycles. The number of likely N-dealkylation sites (tertiary alicyclic amines) is 1. The summed E-state index contributed by atoms with van der Waals surface area (Å²) in [6.07, 6.45) is 2.25. The van der Waals surface area contributed by atoms with Crippen LogP contribution >= 0.6 is 0 Å². The summed E-state index contributed by atoms with van der Waals surface area (Å²) in [4.78, 5) is 13.3. The molecule has 2 amide bonds. The van der Waals surface area contributed by atoms with Crippen LogP contribution in [0.5, 0.6) is 0 Å². The Morgan fingerprint density at radius 3 is 2.73 bits per heavy atom. The molecule has 15 heavy (non-hydrogen) atoms. The van der Waals surface area contributed by atoms with Gasteiger partial charge in [-0.25, -0.2) is 4.79 Å². The van der Waals surface area contributed by atoms with Gasteiger partial charge in [0, 0.05) is 19.6 Å². The van der Waals surface area contributed by atoms with Gasteiger partial charge in [0.05, 0.1) is 13.2 Å². The first-order valence-electron chi connectivity index (χ1n) is 5.45. The fraction of sp³-hybridized carbons (Fsp3) is 0.727. The summed E-state index contributed by atoms with van der Waals surface area (Å²) in [6, 6.07) is 0.0337. The molecule has 0 radical (unpaired) electrons. The number of carbonyl (C=O) groups excluding carboxylic acids is 1. The third-order valence-corrected chi connectivity index (χ3v) is 2.26. The number of nitrogens with one attached hydrogen (secondary N) is 1. The van der Waals surface area contributed by atoms with Gasteiger partial charge in [0.1, 0.15) is 0 Å². The van der Waals surface area contributed by atoms with Crippen LogP contribution in [0.25, 0.3) is 0 Å². The largest absolute Gasteiger partial charge is 0.375 e. The van der Waals surface area contributed by atoms with Crippen molar-refractivity contribution in [3.05, 3.63) is 12.2 Å². The lowest BCUT2D eigenvalue weighted by Crippen LogP contribution is -2.39. The average molecular weight is 212 g/mol. The van der Waals surface area contributed by atoms with Crippen molar-refractivity contribution in [2.24, 2.45) is 0 Å². The van der Waals surface area contributed by atoms with E-state index in [2.05, 4.69) is 11.9 Å². The molecule has 0 atom stereocenters. The van der Waals surface area contributed by atoms with Crippen LogP contribution in [0.1, 0.15) is 19.8 Å². The number of ether oxygens (including phenoxy) is 1. The Kier molecular flexibility index (Phi) is 5.18. The van der Waals surface area contributed by atoms with E-state index in [1.807, 2.05) is 11.8 Å². The van der Waals surface area contributed by atoms with Crippen molar-refractivity contribution in [2.45, 2.75) is 19.8 Å². The fourth-order valence-corrected chi connectivity index (χ4v) is 1.51. The monoisotopic (exact) mass is 212 g/mol. The van der Waals surface area contributed by atoms with E-state index in [9.17, 15) is 4.79 Å². The van der Waals surface area contributed by atoms with Crippen molar-refractivity contribution >= 4 is 6.03 Å². The lowest BCUT2D eigenvalue weighted by molar-refractivity contribution is 0.154. The fourth-order valence-electron chi connectivity index (χ4n) is 1.51. The number of amides is 2. The van der Waals surface area contributed by atoms with E-state index in [1.165, 1.54) is 0 Å².